The SMILES string of the molecule is COC(=O)CN(C(=O)CC#N)C1CCS(=O)(=O)C1. The van der Waals surface area contributed by atoms with Crippen molar-refractivity contribution in [3.63, 3.8) is 0 Å². The Balaban J connectivity index is 2.81. The molecule has 1 fully saturated rings. The second-order valence-corrected chi connectivity index (χ2v) is 6.22. The van der Waals surface area contributed by atoms with Crippen LogP contribution in [0.15, 0.2) is 0 Å². The van der Waals surface area contributed by atoms with Gasteiger partial charge in [-0.05, 0) is 6.42 Å². The zero-order chi connectivity index (χ0) is 13.8. The van der Waals surface area contributed by atoms with Crippen molar-refractivity contribution in [3.05, 3.63) is 0 Å². The molecule has 100 valence electrons. The Hall–Kier alpha value is -1.62. The zero-order valence-corrected chi connectivity index (χ0v) is 10.8. The van der Waals surface area contributed by atoms with E-state index in [9.17, 15) is 18.0 Å². The Morgan fingerprint density at radius 2 is 2.17 bits per heavy atom. The number of nitriles is 1. The molecule has 1 aliphatic rings. The van der Waals surface area contributed by atoms with Gasteiger partial charge in [-0.1, -0.05) is 0 Å². The van der Waals surface area contributed by atoms with E-state index in [4.69, 9.17) is 5.26 Å². The highest BCUT2D eigenvalue weighted by Gasteiger charge is 2.35. The molecule has 0 bridgehead atoms. The van der Waals surface area contributed by atoms with Gasteiger partial charge in [-0.3, -0.25) is 9.59 Å². The monoisotopic (exact) mass is 274 g/mol. The summed E-state index contributed by atoms with van der Waals surface area (Å²) in [6.07, 6.45) is -0.0932. The molecule has 7 nitrogen and oxygen atoms in total. The predicted octanol–water partition coefficient (Wildman–Crippen LogP) is -0.911. The van der Waals surface area contributed by atoms with Crippen molar-refractivity contribution >= 4 is 21.7 Å². The van der Waals surface area contributed by atoms with E-state index in [1.165, 1.54) is 7.11 Å². The van der Waals surface area contributed by atoms with Gasteiger partial charge in [-0.2, -0.15) is 5.26 Å². The summed E-state index contributed by atoms with van der Waals surface area (Å²) in [4.78, 5) is 24.0. The van der Waals surface area contributed by atoms with Crippen LogP contribution >= 0.6 is 0 Å². The summed E-state index contributed by atoms with van der Waals surface area (Å²) in [6, 6.07) is 1.14. The number of methoxy groups -OCH3 is 1. The lowest BCUT2D eigenvalue weighted by Crippen LogP contribution is -2.44. The van der Waals surface area contributed by atoms with Gasteiger partial charge in [0, 0.05) is 6.04 Å². The maximum absolute atomic E-state index is 11.7. The second-order valence-electron chi connectivity index (χ2n) is 3.99. The first-order chi connectivity index (χ1) is 8.39. The molecule has 0 aromatic rings. The zero-order valence-electron chi connectivity index (χ0n) is 9.96. The van der Waals surface area contributed by atoms with Crippen LogP contribution in [-0.4, -0.2) is 56.4 Å². The number of esters is 1. The first kappa shape index (κ1) is 14.4. The van der Waals surface area contributed by atoms with Crippen molar-refractivity contribution in [1.82, 2.24) is 4.90 Å². The molecular formula is C10H14N2O5S. The maximum atomic E-state index is 11.7. The van der Waals surface area contributed by atoms with Crippen LogP contribution in [0.1, 0.15) is 12.8 Å². The second kappa shape index (κ2) is 5.82. The van der Waals surface area contributed by atoms with E-state index in [1.807, 2.05) is 0 Å². The normalized spacial score (nSPS) is 21.0. The maximum Gasteiger partial charge on any atom is 0.325 e. The lowest BCUT2D eigenvalue weighted by molar-refractivity contribution is -0.148. The van der Waals surface area contributed by atoms with Crippen LogP contribution in [0.4, 0.5) is 0 Å². The Kier molecular flexibility index (Phi) is 4.67. The predicted molar refractivity (Wildman–Crippen MR) is 61.0 cm³/mol. The molecule has 0 spiro atoms. The Morgan fingerprint density at radius 3 is 2.61 bits per heavy atom. The highest BCUT2D eigenvalue weighted by Crippen LogP contribution is 2.18. The lowest BCUT2D eigenvalue weighted by atomic mass is 10.2. The van der Waals surface area contributed by atoms with Gasteiger partial charge in [0.1, 0.15) is 13.0 Å². The smallest absolute Gasteiger partial charge is 0.325 e. The van der Waals surface area contributed by atoms with E-state index in [1.54, 1.807) is 6.07 Å². The molecule has 1 unspecified atom stereocenters. The lowest BCUT2D eigenvalue weighted by Gasteiger charge is -2.26. The fraction of sp³-hybridized carbons (Fsp3) is 0.700. The highest BCUT2D eigenvalue weighted by atomic mass is 32.2. The van der Waals surface area contributed by atoms with Gasteiger partial charge in [-0.25, -0.2) is 8.42 Å². The largest absolute Gasteiger partial charge is 0.468 e. The van der Waals surface area contributed by atoms with Crippen LogP contribution in [0.2, 0.25) is 0 Å². The molecule has 0 N–H and O–H groups in total. The summed E-state index contributed by atoms with van der Waals surface area (Å²) < 4.78 is 27.2. The van der Waals surface area contributed by atoms with E-state index in [2.05, 4.69) is 4.74 Å². The van der Waals surface area contributed by atoms with Gasteiger partial charge in [0.25, 0.3) is 0 Å². The molecule has 1 rings (SSSR count). The van der Waals surface area contributed by atoms with E-state index in [0.29, 0.717) is 0 Å². The Morgan fingerprint density at radius 1 is 1.50 bits per heavy atom. The minimum Gasteiger partial charge on any atom is -0.468 e. The quantitative estimate of drug-likeness (QED) is 0.614. The number of carbonyl (C=O) groups excluding carboxylic acids is 2. The Labute approximate surface area is 105 Å². The number of nitrogens with zero attached hydrogens (tertiary/aromatic N) is 2. The van der Waals surface area contributed by atoms with Crippen molar-refractivity contribution in [2.45, 2.75) is 18.9 Å². The van der Waals surface area contributed by atoms with Crippen LogP contribution < -0.4 is 0 Å². The summed E-state index contributed by atoms with van der Waals surface area (Å²) in [7, 11) is -1.98. The molecule has 1 heterocycles. The van der Waals surface area contributed by atoms with Gasteiger partial charge in [-0.15, -0.1) is 0 Å². The van der Waals surface area contributed by atoms with Crippen molar-refractivity contribution in [1.29, 1.82) is 5.26 Å². The van der Waals surface area contributed by atoms with E-state index >= 15 is 0 Å². The molecule has 1 atom stereocenters. The molecule has 0 aliphatic carbocycles. The number of hydrogen-bond acceptors (Lipinski definition) is 6. The summed E-state index contributed by atoms with van der Waals surface area (Å²) in [5.74, 6) is -1.35. The van der Waals surface area contributed by atoms with Crippen LogP contribution in [-0.2, 0) is 24.2 Å². The van der Waals surface area contributed by atoms with Gasteiger partial charge in [0.15, 0.2) is 9.84 Å². The summed E-state index contributed by atoms with van der Waals surface area (Å²) in [5, 5.41) is 8.49. The summed E-state index contributed by atoms with van der Waals surface area (Å²) in [5.41, 5.74) is 0. The number of sulfone groups is 1. The fourth-order valence-electron chi connectivity index (χ4n) is 1.81. The van der Waals surface area contributed by atoms with E-state index < -0.39 is 27.8 Å². The van der Waals surface area contributed by atoms with Crippen LogP contribution in [0.3, 0.4) is 0 Å². The van der Waals surface area contributed by atoms with Gasteiger partial charge >= 0.3 is 5.97 Å². The van der Waals surface area contributed by atoms with Crippen LogP contribution in [0, 0.1) is 11.3 Å². The van der Waals surface area contributed by atoms with Gasteiger partial charge in [0.2, 0.25) is 5.91 Å². The first-order valence-electron chi connectivity index (χ1n) is 5.33. The topological polar surface area (TPSA) is 105 Å². The third-order valence-corrected chi connectivity index (χ3v) is 4.48. The molecule has 1 saturated heterocycles. The number of hydrogen-bond donors (Lipinski definition) is 0. The van der Waals surface area contributed by atoms with E-state index in [-0.39, 0.29) is 30.9 Å². The Bertz CT molecular complexity index is 479. The van der Waals surface area contributed by atoms with Crippen LogP contribution in [0.5, 0.6) is 0 Å². The molecular weight excluding hydrogens is 260 g/mol. The summed E-state index contributed by atoms with van der Waals surface area (Å²) >= 11 is 0. The van der Waals surface area contributed by atoms with Gasteiger partial charge in [0.05, 0.1) is 24.7 Å². The molecule has 0 radical (unpaired) electrons. The third kappa shape index (κ3) is 3.70. The first-order valence-corrected chi connectivity index (χ1v) is 7.15. The van der Waals surface area contributed by atoms with E-state index in [0.717, 1.165) is 4.90 Å². The number of ether oxygens (including phenoxy) is 1. The molecule has 0 aromatic carbocycles. The number of amides is 1. The fourth-order valence-corrected chi connectivity index (χ4v) is 3.55. The highest BCUT2D eigenvalue weighted by molar-refractivity contribution is 7.91. The third-order valence-electron chi connectivity index (χ3n) is 2.73. The number of rotatable bonds is 4. The average Bonchev–Trinajstić information content (AvgIpc) is 2.66. The molecule has 0 aromatic heterocycles. The molecule has 18 heavy (non-hydrogen) atoms. The standard InChI is InChI=1S/C10H14N2O5S/c1-17-10(14)6-12(9(13)2-4-11)8-3-5-18(15,16)7-8/h8H,2-3,5-7H2,1H3. The number of carbonyl (C=O) groups is 2. The molecule has 0 saturated carbocycles. The summed E-state index contributed by atoms with van der Waals surface area (Å²) in [6.45, 7) is -0.322. The van der Waals surface area contributed by atoms with Crippen molar-refractivity contribution in [2.24, 2.45) is 0 Å². The minimum absolute atomic E-state index is 0.00479. The molecule has 1 aliphatic heterocycles. The van der Waals surface area contributed by atoms with Crippen molar-refractivity contribution in [3.8, 4) is 6.07 Å². The average molecular weight is 274 g/mol. The molecule has 1 amide bonds. The van der Waals surface area contributed by atoms with Crippen LogP contribution in [0.25, 0.3) is 0 Å². The van der Waals surface area contributed by atoms with Crippen molar-refractivity contribution in [2.75, 3.05) is 25.2 Å². The van der Waals surface area contributed by atoms with Crippen molar-refractivity contribution < 1.29 is 22.7 Å². The van der Waals surface area contributed by atoms with Gasteiger partial charge < -0.3 is 9.64 Å². The minimum atomic E-state index is -3.16. The molecule has 8 heteroatoms.